The first-order valence-electron chi connectivity index (χ1n) is 7.04. The third-order valence-electron chi connectivity index (χ3n) is 4.26. The number of hydrogen-bond donors (Lipinski definition) is 1. The quantitative estimate of drug-likeness (QED) is 0.914. The van der Waals surface area contributed by atoms with Gasteiger partial charge >= 0.3 is 0 Å². The topological polar surface area (TPSA) is 15.3 Å². The normalized spacial score (nSPS) is 28.5. The summed E-state index contributed by atoms with van der Waals surface area (Å²) in [4.78, 5) is 4.08. The Balaban J connectivity index is 1.46. The molecule has 1 aromatic rings. The van der Waals surface area contributed by atoms with Crippen LogP contribution in [0, 0.1) is 0 Å². The van der Waals surface area contributed by atoms with Crippen molar-refractivity contribution in [1.29, 1.82) is 0 Å². The number of rotatable bonds is 4. The van der Waals surface area contributed by atoms with E-state index in [0.717, 1.165) is 29.4 Å². The molecule has 0 spiro atoms. The van der Waals surface area contributed by atoms with Crippen LogP contribution in [-0.2, 0) is 6.42 Å². The second-order valence-corrected chi connectivity index (χ2v) is 7.20. The van der Waals surface area contributed by atoms with Crippen LogP contribution in [0.25, 0.3) is 0 Å². The minimum absolute atomic E-state index is 0.723. The maximum atomic E-state index is 5.95. The molecule has 4 heteroatoms. The second-order valence-electron chi connectivity index (χ2n) is 5.40. The highest BCUT2D eigenvalue weighted by molar-refractivity contribution is 7.16. The number of thiophene rings is 1. The maximum Gasteiger partial charge on any atom is 0.0931 e. The van der Waals surface area contributed by atoms with Gasteiger partial charge in [0.2, 0.25) is 0 Å². The fourth-order valence-electron chi connectivity index (χ4n) is 3.35. The molecule has 0 bridgehead atoms. The van der Waals surface area contributed by atoms with Gasteiger partial charge in [0.05, 0.1) is 4.34 Å². The zero-order valence-electron chi connectivity index (χ0n) is 10.7. The summed E-state index contributed by atoms with van der Waals surface area (Å²) in [6, 6.07) is 5.68. The molecule has 2 nitrogen and oxygen atoms in total. The molecule has 0 amide bonds. The second kappa shape index (κ2) is 5.91. The minimum atomic E-state index is 0.723. The highest BCUT2D eigenvalue weighted by atomic mass is 35.5. The number of fused-ring (bicyclic) bond motifs is 1. The van der Waals surface area contributed by atoms with E-state index < -0.39 is 0 Å². The maximum absolute atomic E-state index is 5.95. The first-order valence-corrected chi connectivity index (χ1v) is 8.24. The molecule has 1 aromatic heterocycles. The summed E-state index contributed by atoms with van der Waals surface area (Å²) in [6.45, 7) is 3.71. The van der Waals surface area contributed by atoms with Crippen LogP contribution in [0.4, 0.5) is 0 Å². The van der Waals surface area contributed by atoms with Crippen LogP contribution in [0.5, 0.6) is 0 Å². The van der Waals surface area contributed by atoms with E-state index in [2.05, 4.69) is 16.3 Å². The molecule has 2 saturated heterocycles. The average molecular weight is 285 g/mol. The lowest BCUT2D eigenvalue weighted by atomic mass is 9.99. The van der Waals surface area contributed by atoms with Gasteiger partial charge in [-0.2, -0.15) is 0 Å². The zero-order valence-corrected chi connectivity index (χ0v) is 12.3. The van der Waals surface area contributed by atoms with Gasteiger partial charge in [0.25, 0.3) is 0 Å². The molecular weight excluding hydrogens is 264 g/mol. The molecule has 2 unspecified atom stereocenters. The Morgan fingerprint density at radius 1 is 1.28 bits per heavy atom. The third kappa shape index (κ3) is 2.90. The van der Waals surface area contributed by atoms with Crippen molar-refractivity contribution in [3.05, 3.63) is 21.3 Å². The Labute approximate surface area is 118 Å². The lowest BCUT2D eigenvalue weighted by molar-refractivity contribution is 0.181. The van der Waals surface area contributed by atoms with Gasteiger partial charge < -0.3 is 5.32 Å². The fraction of sp³-hybridized carbons (Fsp3) is 0.714. The number of hydrogen-bond acceptors (Lipinski definition) is 3. The summed E-state index contributed by atoms with van der Waals surface area (Å²) >= 11 is 7.66. The predicted molar refractivity (Wildman–Crippen MR) is 78.7 cm³/mol. The highest BCUT2D eigenvalue weighted by Gasteiger charge is 2.34. The molecule has 0 aliphatic carbocycles. The Bertz CT molecular complexity index is 393. The molecule has 0 radical (unpaired) electrons. The SMILES string of the molecule is Clc1ccc(CCNC2CCN3CCCCC23)s1. The smallest absolute Gasteiger partial charge is 0.0931 e. The van der Waals surface area contributed by atoms with Gasteiger partial charge in [0.1, 0.15) is 0 Å². The van der Waals surface area contributed by atoms with Crippen molar-refractivity contribution in [2.45, 2.75) is 44.2 Å². The molecule has 2 aliphatic heterocycles. The minimum Gasteiger partial charge on any atom is -0.312 e. The van der Waals surface area contributed by atoms with Gasteiger partial charge in [-0.1, -0.05) is 18.0 Å². The van der Waals surface area contributed by atoms with E-state index in [0.29, 0.717) is 0 Å². The summed E-state index contributed by atoms with van der Waals surface area (Å²) in [7, 11) is 0. The Hall–Kier alpha value is -0.0900. The number of piperidine rings is 1. The van der Waals surface area contributed by atoms with Gasteiger partial charge in [0, 0.05) is 30.1 Å². The molecule has 3 heterocycles. The molecule has 2 atom stereocenters. The lowest BCUT2D eigenvalue weighted by Gasteiger charge is -2.32. The molecule has 18 heavy (non-hydrogen) atoms. The fourth-order valence-corrected chi connectivity index (χ4v) is 4.44. The summed E-state index contributed by atoms with van der Waals surface area (Å²) in [5, 5.41) is 3.76. The van der Waals surface area contributed by atoms with E-state index in [1.807, 2.05) is 6.07 Å². The Morgan fingerprint density at radius 3 is 3.06 bits per heavy atom. The van der Waals surface area contributed by atoms with E-state index in [-0.39, 0.29) is 0 Å². The average Bonchev–Trinajstić information content (AvgIpc) is 2.97. The monoisotopic (exact) mass is 284 g/mol. The first-order chi connectivity index (χ1) is 8.83. The summed E-state index contributed by atoms with van der Waals surface area (Å²) < 4.78 is 0.907. The zero-order chi connectivity index (χ0) is 12.4. The summed E-state index contributed by atoms with van der Waals surface area (Å²) in [6.07, 6.45) is 6.65. The van der Waals surface area contributed by atoms with Crippen molar-refractivity contribution in [1.82, 2.24) is 10.2 Å². The summed E-state index contributed by atoms with van der Waals surface area (Å²) in [5.41, 5.74) is 0. The van der Waals surface area contributed by atoms with Crippen LogP contribution >= 0.6 is 22.9 Å². The van der Waals surface area contributed by atoms with Crippen molar-refractivity contribution in [2.75, 3.05) is 19.6 Å². The van der Waals surface area contributed by atoms with Crippen LogP contribution in [0.3, 0.4) is 0 Å². The number of halogens is 1. The lowest BCUT2D eigenvalue weighted by Crippen LogP contribution is -2.45. The van der Waals surface area contributed by atoms with Crippen LogP contribution in [-0.4, -0.2) is 36.6 Å². The Kier molecular flexibility index (Phi) is 4.24. The summed E-state index contributed by atoms with van der Waals surface area (Å²) in [5.74, 6) is 0. The van der Waals surface area contributed by atoms with Gasteiger partial charge in [-0.15, -0.1) is 11.3 Å². The van der Waals surface area contributed by atoms with Crippen LogP contribution < -0.4 is 5.32 Å². The van der Waals surface area contributed by atoms with E-state index in [1.165, 1.54) is 43.6 Å². The number of nitrogens with one attached hydrogen (secondary N) is 1. The van der Waals surface area contributed by atoms with E-state index in [9.17, 15) is 0 Å². The molecule has 0 saturated carbocycles. The molecule has 2 aliphatic rings. The van der Waals surface area contributed by atoms with Crippen molar-refractivity contribution in [2.24, 2.45) is 0 Å². The molecular formula is C14H21ClN2S. The van der Waals surface area contributed by atoms with Gasteiger partial charge in [-0.05, 0) is 44.4 Å². The van der Waals surface area contributed by atoms with Gasteiger partial charge in [0.15, 0.2) is 0 Å². The van der Waals surface area contributed by atoms with E-state index >= 15 is 0 Å². The standard InChI is InChI=1S/C14H21ClN2S/c15-14-5-4-11(18-14)6-8-16-12-7-10-17-9-2-1-3-13(12)17/h4-5,12-13,16H,1-3,6-10H2. The van der Waals surface area contributed by atoms with E-state index in [1.54, 1.807) is 11.3 Å². The van der Waals surface area contributed by atoms with Crippen LogP contribution in [0.1, 0.15) is 30.6 Å². The van der Waals surface area contributed by atoms with Crippen LogP contribution in [0.2, 0.25) is 4.34 Å². The first kappa shape index (κ1) is 12.9. The molecule has 100 valence electrons. The van der Waals surface area contributed by atoms with Crippen molar-refractivity contribution >= 4 is 22.9 Å². The predicted octanol–water partition coefficient (Wildman–Crippen LogP) is 3.16. The largest absolute Gasteiger partial charge is 0.312 e. The highest BCUT2D eigenvalue weighted by Crippen LogP contribution is 2.27. The molecule has 3 rings (SSSR count). The van der Waals surface area contributed by atoms with Crippen molar-refractivity contribution in [3.63, 3.8) is 0 Å². The molecule has 2 fully saturated rings. The third-order valence-corrected chi connectivity index (χ3v) is 5.55. The Morgan fingerprint density at radius 2 is 2.22 bits per heavy atom. The van der Waals surface area contributed by atoms with Gasteiger partial charge in [-0.25, -0.2) is 0 Å². The molecule has 0 aromatic carbocycles. The van der Waals surface area contributed by atoms with Crippen molar-refractivity contribution < 1.29 is 0 Å². The van der Waals surface area contributed by atoms with E-state index in [4.69, 9.17) is 11.6 Å². The molecule has 1 N–H and O–H groups in total. The number of nitrogens with zero attached hydrogens (tertiary/aromatic N) is 1. The van der Waals surface area contributed by atoms with Crippen LogP contribution in [0.15, 0.2) is 12.1 Å². The van der Waals surface area contributed by atoms with Gasteiger partial charge in [-0.3, -0.25) is 4.90 Å². The van der Waals surface area contributed by atoms with Crippen molar-refractivity contribution in [3.8, 4) is 0 Å².